The van der Waals surface area contributed by atoms with Crippen molar-refractivity contribution in [3.05, 3.63) is 65.9 Å². The van der Waals surface area contributed by atoms with Crippen molar-refractivity contribution in [1.29, 1.82) is 0 Å². The molecule has 0 amide bonds. The number of H-pyrrole nitrogens is 1. The van der Waals surface area contributed by atoms with Gasteiger partial charge in [-0.05, 0) is 35.9 Å². The van der Waals surface area contributed by atoms with E-state index >= 15 is 0 Å². The molecule has 0 spiro atoms. The minimum absolute atomic E-state index is 0.0289. The van der Waals surface area contributed by atoms with Gasteiger partial charge in [-0.2, -0.15) is 4.72 Å². The Balaban J connectivity index is 1.83. The first kappa shape index (κ1) is 19.6. The molecule has 0 fully saturated rings. The molecule has 3 aromatic rings. The molecule has 0 bridgehead atoms. The van der Waals surface area contributed by atoms with Crippen LogP contribution in [0.25, 0.3) is 10.9 Å². The third-order valence-corrected chi connectivity index (χ3v) is 5.77. The lowest BCUT2D eigenvalue weighted by molar-refractivity contribution is -0.138. The minimum atomic E-state index is -4.10. The number of ether oxygens (including phenoxy) is 1. The van der Waals surface area contributed by atoms with Crippen molar-refractivity contribution in [2.45, 2.75) is 17.4 Å². The number of hydrogen-bond acceptors (Lipinski definition) is 5. The van der Waals surface area contributed by atoms with Crippen LogP contribution in [0.15, 0.2) is 59.6 Å². The van der Waals surface area contributed by atoms with Crippen molar-refractivity contribution in [3.8, 4) is 0 Å². The number of aromatic nitrogens is 1. The van der Waals surface area contributed by atoms with Gasteiger partial charge in [0.2, 0.25) is 10.0 Å². The number of carboxylic acids is 1. The van der Waals surface area contributed by atoms with Crippen LogP contribution in [0.4, 0.5) is 0 Å². The Morgan fingerprint density at radius 1 is 1.14 bits per heavy atom. The first-order valence-corrected chi connectivity index (χ1v) is 9.78. The van der Waals surface area contributed by atoms with E-state index in [0.29, 0.717) is 5.56 Å². The quantitative estimate of drug-likeness (QED) is 0.519. The van der Waals surface area contributed by atoms with Crippen molar-refractivity contribution < 1.29 is 27.9 Å². The topological polar surface area (TPSA) is 126 Å². The van der Waals surface area contributed by atoms with Gasteiger partial charge >= 0.3 is 11.9 Å². The van der Waals surface area contributed by atoms with Gasteiger partial charge in [0.05, 0.1) is 17.6 Å². The van der Waals surface area contributed by atoms with E-state index in [0.717, 1.165) is 10.9 Å². The van der Waals surface area contributed by atoms with Crippen molar-refractivity contribution in [2.75, 3.05) is 7.11 Å². The SMILES string of the molecule is COC(=O)c1ccc(S(=O)(=O)N[C@@H](Cc2c[nH]c3ccccc23)C(=O)O)cc1. The molecule has 0 unspecified atom stereocenters. The van der Waals surface area contributed by atoms with E-state index in [1.54, 1.807) is 6.20 Å². The lowest BCUT2D eigenvalue weighted by Crippen LogP contribution is -2.42. The van der Waals surface area contributed by atoms with Gasteiger partial charge in [0, 0.05) is 23.5 Å². The Morgan fingerprint density at radius 3 is 2.46 bits per heavy atom. The number of sulfonamides is 1. The van der Waals surface area contributed by atoms with Gasteiger partial charge in [0.25, 0.3) is 0 Å². The van der Waals surface area contributed by atoms with Gasteiger partial charge in [0.1, 0.15) is 6.04 Å². The highest BCUT2D eigenvalue weighted by atomic mass is 32.2. The van der Waals surface area contributed by atoms with Gasteiger partial charge in [-0.15, -0.1) is 0 Å². The number of esters is 1. The summed E-state index contributed by atoms with van der Waals surface area (Å²) in [7, 11) is -2.88. The van der Waals surface area contributed by atoms with Gasteiger partial charge in [0.15, 0.2) is 0 Å². The summed E-state index contributed by atoms with van der Waals surface area (Å²) in [5.74, 6) is -1.89. The van der Waals surface area contributed by atoms with E-state index in [1.165, 1.54) is 31.4 Å². The summed E-state index contributed by atoms with van der Waals surface area (Å²) in [6.07, 6.45) is 1.64. The number of fused-ring (bicyclic) bond motifs is 1. The first-order chi connectivity index (χ1) is 13.3. The average molecular weight is 402 g/mol. The van der Waals surface area contributed by atoms with Crippen molar-refractivity contribution in [3.63, 3.8) is 0 Å². The minimum Gasteiger partial charge on any atom is -0.480 e. The molecule has 3 N–H and O–H groups in total. The fourth-order valence-electron chi connectivity index (χ4n) is 2.84. The molecule has 9 heteroatoms. The van der Waals surface area contributed by atoms with Crippen LogP contribution in [0.1, 0.15) is 15.9 Å². The largest absolute Gasteiger partial charge is 0.480 e. The number of carbonyl (C=O) groups excluding carboxylic acids is 1. The maximum Gasteiger partial charge on any atom is 0.337 e. The Hall–Kier alpha value is -3.17. The van der Waals surface area contributed by atoms with Crippen LogP contribution < -0.4 is 4.72 Å². The van der Waals surface area contributed by atoms with Crippen LogP contribution in [0.2, 0.25) is 0 Å². The molecule has 0 saturated carbocycles. The number of hydrogen-bond donors (Lipinski definition) is 3. The monoisotopic (exact) mass is 402 g/mol. The zero-order valence-corrected chi connectivity index (χ0v) is 15.7. The molecule has 146 valence electrons. The van der Waals surface area contributed by atoms with E-state index in [-0.39, 0.29) is 16.9 Å². The van der Waals surface area contributed by atoms with Crippen LogP contribution in [0, 0.1) is 0 Å². The predicted octanol–water partition coefficient (Wildman–Crippen LogP) is 1.93. The Kier molecular flexibility index (Phi) is 5.48. The highest BCUT2D eigenvalue weighted by Gasteiger charge is 2.26. The Bertz CT molecular complexity index is 1120. The maximum atomic E-state index is 12.6. The number of carbonyl (C=O) groups is 2. The highest BCUT2D eigenvalue weighted by Crippen LogP contribution is 2.20. The number of benzene rings is 2. The van der Waals surface area contributed by atoms with Crippen LogP contribution in [0.3, 0.4) is 0 Å². The Morgan fingerprint density at radius 2 is 1.82 bits per heavy atom. The summed E-state index contributed by atoms with van der Waals surface area (Å²) in [6, 6.07) is 11.0. The number of aromatic amines is 1. The van der Waals surface area contributed by atoms with Crippen LogP contribution >= 0.6 is 0 Å². The Labute approximate surface area is 161 Å². The maximum absolute atomic E-state index is 12.6. The molecule has 0 aliphatic heterocycles. The molecule has 0 saturated heterocycles. The van der Waals surface area contributed by atoms with Crippen LogP contribution in [-0.2, 0) is 26.0 Å². The molecule has 8 nitrogen and oxygen atoms in total. The average Bonchev–Trinajstić information content (AvgIpc) is 3.09. The van der Waals surface area contributed by atoms with E-state index in [1.807, 2.05) is 24.3 Å². The van der Waals surface area contributed by atoms with Crippen molar-refractivity contribution >= 4 is 32.9 Å². The lowest BCUT2D eigenvalue weighted by Gasteiger charge is -2.15. The molecule has 0 aliphatic carbocycles. The van der Waals surface area contributed by atoms with Gasteiger partial charge < -0.3 is 14.8 Å². The lowest BCUT2D eigenvalue weighted by atomic mass is 10.1. The molecule has 0 aliphatic rings. The fourth-order valence-corrected chi connectivity index (χ4v) is 4.03. The molecular formula is C19H18N2O6S. The molecule has 1 heterocycles. The second-order valence-electron chi connectivity index (χ2n) is 6.09. The normalized spacial score (nSPS) is 12.6. The summed E-state index contributed by atoms with van der Waals surface area (Å²) in [6.45, 7) is 0. The third kappa shape index (κ3) is 4.05. The summed E-state index contributed by atoms with van der Waals surface area (Å²) in [5.41, 5.74) is 1.71. The van der Waals surface area contributed by atoms with E-state index < -0.39 is 28.0 Å². The fraction of sp³-hybridized carbons (Fsp3) is 0.158. The van der Waals surface area contributed by atoms with Crippen molar-refractivity contribution in [2.24, 2.45) is 0 Å². The highest BCUT2D eigenvalue weighted by molar-refractivity contribution is 7.89. The molecule has 1 atom stereocenters. The number of rotatable bonds is 7. The first-order valence-electron chi connectivity index (χ1n) is 8.30. The van der Waals surface area contributed by atoms with Crippen LogP contribution in [-0.4, -0.2) is 43.6 Å². The number of aliphatic carboxylic acids is 1. The zero-order valence-electron chi connectivity index (χ0n) is 14.9. The zero-order chi connectivity index (χ0) is 20.3. The summed E-state index contributed by atoms with van der Waals surface area (Å²) in [5, 5.41) is 10.3. The van der Waals surface area contributed by atoms with Gasteiger partial charge in [-0.3, -0.25) is 4.79 Å². The summed E-state index contributed by atoms with van der Waals surface area (Å²) in [4.78, 5) is 26.0. The number of carboxylic acid groups (broad SMARTS) is 1. The smallest absolute Gasteiger partial charge is 0.337 e. The van der Waals surface area contributed by atoms with E-state index in [4.69, 9.17) is 0 Å². The predicted molar refractivity (Wildman–Crippen MR) is 102 cm³/mol. The molecule has 3 rings (SSSR count). The second kappa shape index (κ2) is 7.83. The number of methoxy groups -OCH3 is 1. The second-order valence-corrected chi connectivity index (χ2v) is 7.81. The molecule has 0 radical (unpaired) electrons. The number of nitrogens with one attached hydrogen (secondary N) is 2. The van der Waals surface area contributed by atoms with Gasteiger partial charge in [-0.1, -0.05) is 18.2 Å². The summed E-state index contributed by atoms with van der Waals surface area (Å²) < 4.78 is 32.0. The third-order valence-electron chi connectivity index (χ3n) is 4.28. The molecular weight excluding hydrogens is 384 g/mol. The molecule has 1 aromatic heterocycles. The summed E-state index contributed by atoms with van der Waals surface area (Å²) >= 11 is 0. The standard InChI is InChI=1S/C19H18N2O6S/c1-27-19(24)12-6-8-14(9-7-12)28(25,26)21-17(18(22)23)10-13-11-20-16-5-3-2-4-15(13)16/h2-9,11,17,20-21H,10H2,1H3,(H,22,23)/t17-/m0/s1. The molecule has 2 aromatic carbocycles. The van der Waals surface area contributed by atoms with E-state index in [2.05, 4.69) is 14.4 Å². The van der Waals surface area contributed by atoms with Crippen LogP contribution in [0.5, 0.6) is 0 Å². The van der Waals surface area contributed by atoms with Gasteiger partial charge in [-0.25, -0.2) is 13.2 Å². The molecule has 28 heavy (non-hydrogen) atoms. The van der Waals surface area contributed by atoms with E-state index in [9.17, 15) is 23.1 Å². The van der Waals surface area contributed by atoms with Crippen molar-refractivity contribution in [1.82, 2.24) is 9.71 Å². The number of para-hydroxylation sites is 1.